The predicted molar refractivity (Wildman–Crippen MR) is 258 cm³/mol. The second-order valence-corrected chi connectivity index (χ2v) is 18.9. The molecule has 25 nitrogen and oxygen atoms in total. The molecule has 6 N–H and O–H groups in total. The molecule has 4 bridgehead atoms. The number of nitrogens with two attached hydrogens (primary N) is 1. The van der Waals surface area contributed by atoms with Crippen molar-refractivity contribution in [2.75, 3.05) is 95.9 Å². The van der Waals surface area contributed by atoms with E-state index in [9.17, 15) is 50.6 Å². The lowest BCUT2D eigenvalue weighted by Gasteiger charge is -2.35. The Morgan fingerprint density at radius 3 is 1.51 bits per heavy atom. The van der Waals surface area contributed by atoms with E-state index in [0.29, 0.717) is 56.7 Å². The van der Waals surface area contributed by atoms with Crippen LogP contribution in [0.15, 0.2) is 49.1 Å². The average Bonchev–Trinajstić information content (AvgIpc) is 4.34. The highest BCUT2D eigenvalue weighted by Gasteiger charge is 2.43. The molecular weight excluding hydrogens is 1040 g/mol. The number of carboxylic acid groups (broad SMARTS) is 1. The number of alkyl halides is 6. The molecule has 0 unspecified atom stereocenters. The number of anilines is 6. The van der Waals surface area contributed by atoms with Crippen LogP contribution in [0.25, 0.3) is 0 Å². The fourth-order valence-corrected chi connectivity index (χ4v) is 8.76. The fraction of sp³-hybridized carbons (Fsp3) is 0.522. The Kier molecular flexibility index (Phi) is 16.4. The first kappa shape index (κ1) is 55.7. The Balaban J connectivity index is 0.000000186. The molecule has 31 heteroatoms. The van der Waals surface area contributed by atoms with E-state index in [2.05, 4.69) is 51.2 Å². The molecule has 77 heavy (non-hydrogen) atoms. The molecule has 4 aromatic heterocycles. The molecule has 0 saturated carbocycles. The number of carbonyl (C=O) groups excluding carboxylic acids is 3. The maximum absolute atomic E-state index is 13.3. The van der Waals surface area contributed by atoms with Crippen molar-refractivity contribution in [3.63, 3.8) is 0 Å². The summed E-state index contributed by atoms with van der Waals surface area (Å²) in [6, 6.07) is 4.72. The van der Waals surface area contributed by atoms with Crippen molar-refractivity contribution in [3.05, 3.63) is 60.4 Å². The number of aromatic nitrogens is 6. The third-order valence-electron chi connectivity index (χ3n) is 12.2. The van der Waals surface area contributed by atoms with E-state index in [1.165, 1.54) is 46.7 Å². The van der Waals surface area contributed by atoms with E-state index >= 15 is 0 Å². The molecule has 4 fully saturated rings. The van der Waals surface area contributed by atoms with Crippen LogP contribution in [0.1, 0.15) is 61.5 Å². The maximum Gasteiger partial charge on any atom is 0.405 e. The van der Waals surface area contributed by atoms with Crippen LogP contribution in [-0.4, -0.2) is 173 Å². The Morgan fingerprint density at radius 1 is 0.688 bits per heavy atom. The lowest BCUT2D eigenvalue weighted by molar-refractivity contribution is -0.142. The molecule has 0 aromatic carbocycles. The van der Waals surface area contributed by atoms with Crippen LogP contribution in [0.3, 0.4) is 0 Å². The van der Waals surface area contributed by atoms with Gasteiger partial charge in [-0.05, 0) is 64.8 Å². The van der Waals surface area contributed by atoms with Gasteiger partial charge >= 0.3 is 30.4 Å². The number of hydrogen-bond acceptors (Lipinski definition) is 19. The molecule has 416 valence electrons. The number of nitrogens with zero attached hydrogens (tertiary/aromatic N) is 10. The highest BCUT2D eigenvalue weighted by Crippen LogP contribution is 2.41. The average molecular weight is 1090 g/mol. The van der Waals surface area contributed by atoms with Gasteiger partial charge in [-0.15, -0.1) is 0 Å². The van der Waals surface area contributed by atoms with Gasteiger partial charge in [0.1, 0.15) is 37.7 Å². The number of ether oxygens (including phenoxy) is 6. The van der Waals surface area contributed by atoms with Crippen LogP contribution < -0.4 is 50.8 Å². The van der Waals surface area contributed by atoms with Gasteiger partial charge in [-0.25, -0.2) is 44.3 Å². The first-order valence-electron chi connectivity index (χ1n) is 23.9. The number of aromatic carboxylic acids is 1. The van der Waals surface area contributed by atoms with E-state index in [0.717, 1.165) is 18.7 Å². The monoisotopic (exact) mass is 1090 g/mol. The van der Waals surface area contributed by atoms with Gasteiger partial charge in [0, 0.05) is 26.2 Å². The molecule has 6 aliphatic rings. The number of carbonyl (C=O) groups is 4. The molecule has 0 spiro atoms. The van der Waals surface area contributed by atoms with Crippen molar-refractivity contribution in [2.24, 2.45) is 5.73 Å². The predicted octanol–water partition coefficient (Wildman–Crippen LogP) is 4.56. The quantitative estimate of drug-likeness (QED) is 0.129. The number of fused-ring (bicyclic) bond motifs is 8. The number of urea groups is 2. The molecule has 4 atom stereocenters. The zero-order valence-corrected chi connectivity index (χ0v) is 41.8. The minimum Gasteiger partial charge on any atom is -0.477 e. The number of pyridine rings is 2. The van der Waals surface area contributed by atoms with Crippen LogP contribution in [0.2, 0.25) is 0 Å². The summed E-state index contributed by atoms with van der Waals surface area (Å²) in [5, 5.41) is 16.5. The number of carboxylic acids is 1. The van der Waals surface area contributed by atoms with Crippen LogP contribution in [0.5, 0.6) is 11.8 Å². The van der Waals surface area contributed by atoms with E-state index in [1.807, 2.05) is 32.6 Å². The number of nitrogens with one attached hydrogen (secondary N) is 3. The summed E-state index contributed by atoms with van der Waals surface area (Å²) in [6.45, 7) is 8.57. The lowest BCUT2D eigenvalue weighted by Crippen LogP contribution is -2.48. The summed E-state index contributed by atoms with van der Waals surface area (Å²) in [5.41, 5.74) is 5.18. The van der Waals surface area contributed by atoms with Gasteiger partial charge in [0.2, 0.25) is 11.8 Å². The number of rotatable bonds is 11. The van der Waals surface area contributed by atoms with Crippen molar-refractivity contribution in [3.8, 4) is 11.8 Å². The largest absolute Gasteiger partial charge is 0.477 e. The first-order valence-corrected chi connectivity index (χ1v) is 23.9. The van der Waals surface area contributed by atoms with E-state index in [4.69, 9.17) is 28.4 Å². The Hall–Kier alpha value is -7.48. The van der Waals surface area contributed by atoms with E-state index < -0.39 is 61.0 Å². The summed E-state index contributed by atoms with van der Waals surface area (Å²) in [6.07, 6.45) is -2.26. The molecule has 4 aromatic rings. The second-order valence-electron chi connectivity index (χ2n) is 18.9. The molecule has 5 amide bonds. The molecule has 10 rings (SSSR count). The van der Waals surface area contributed by atoms with Gasteiger partial charge in [0.05, 0.1) is 68.0 Å². The normalized spacial score (nSPS) is 21.4. The smallest absolute Gasteiger partial charge is 0.405 e. The number of halogens is 6. The van der Waals surface area contributed by atoms with Crippen LogP contribution >= 0.6 is 0 Å². The van der Waals surface area contributed by atoms with Crippen molar-refractivity contribution >= 4 is 58.6 Å². The third kappa shape index (κ3) is 14.3. The Labute approximate surface area is 434 Å². The van der Waals surface area contributed by atoms with Crippen LogP contribution in [0.4, 0.5) is 70.6 Å². The molecule has 6 aliphatic heterocycles. The number of amides is 5. The highest BCUT2D eigenvalue weighted by molar-refractivity contribution is 6.06. The Bertz CT molecular complexity index is 2780. The van der Waals surface area contributed by atoms with Gasteiger partial charge in [0.15, 0.2) is 40.5 Å². The van der Waals surface area contributed by atoms with Gasteiger partial charge in [0.25, 0.3) is 5.91 Å². The molecule has 10 heterocycles. The zero-order valence-electron chi connectivity index (χ0n) is 41.8. The number of hydrogen-bond donors (Lipinski definition) is 5. The summed E-state index contributed by atoms with van der Waals surface area (Å²) in [7, 11) is 0. The van der Waals surface area contributed by atoms with Gasteiger partial charge in [-0.1, -0.05) is 0 Å². The van der Waals surface area contributed by atoms with Crippen LogP contribution in [0, 0.1) is 0 Å². The van der Waals surface area contributed by atoms with Gasteiger partial charge in [-0.3, -0.25) is 25.2 Å². The minimum atomic E-state index is -4.56. The first-order chi connectivity index (χ1) is 36.3. The molecule has 0 radical (unpaired) electrons. The molecular formula is C46H54F6N14O11. The van der Waals surface area contributed by atoms with Crippen molar-refractivity contribution < 1.29 is 79.0 Å². The van der Waals surface area contributed by atoms with Gasteiger partial charge in [-0.2, -0.15) is 26.3 Å². The SMILES string of the molecule is CC1(C)OC[C@H](COc2cnc(NC(=O)N3c4nc(C(=O)NCC(F)(F)F)ccc4N4CC[C@H]3C4)cn2)O1.CC1(C)OC[C@H](COc2cnc(NC(=O)N3c4nc(C(=O)O)ccc4N4CC[C@H]3C4)cn2)O1.NCC(F)(F)F. The standard InChI is InChI=1S/C23H26F3N7O5.C21H24N6O6.C2H4F3N/c1-22(2)37-11-14(38-22)10-36-18-8-27-17(7-28-18)31-21(35)33-13-5-6-32(9-13)16-4-3-15(30-19(16)33)20(34)29-12-23(24,25)26;1-21(2)32-11-13(33-21)10-31-17-8-22-16(7-23-17)25-20(30)27-12-5-6-26(9-12)15-4-3-14(19(28)29)24-18(15)27;3-2(4,5)1-6/h3-4,7-8,13-14H,5-6,9-12H2,1-2H3,(H,29,34)(H,27,31,35);3-4,7-8,12-13H,5-6,9-11H2,1-2H3,(H,28,29)(H,22,25,30);1,6H2/t13-,14-;12-,13-;/m00./s1. The molecule has 4 saturated heterocycles. The van der Waals surface area contributed by atoms with E-state index in [1.54, 1.807) is 17.4 Å². The maximum atomic E-state index is 13.3. The zero-order chi connectivity index (χ0) is 55.5. The molecule has 0 aliphatic carbocycles. The topological polar surface area (TPSA) is 296 Å². The van der Waals surface area contributed by atoms with Gasteiger partial charge < -0.3 is 54.4 Å². The summed E-state index contributed by atoms with van der Waals surface area (Å²) in [4.78, 5) is 82.3. The third-order valence-corrected chi connectivity index (χ3v) is 12.2. The van der Waals surface area contributed by atoms with Crippen molar-refractivity contribution in [1.29, 1.82) is 0 Å². The summed E-state index contributed by atoms with van der Waals surface area (Å²) >= 11 is 0. The highest BCUT2D eigenvalue weighted by atomic mass is 19.4. The fourth-order valence-electron chi connectivity index (χ4n) is 8.76. The second kappa shape index (κ2) is 22.6. The van der Waals surface area contributed by atoms with Crippen molar-refractivity contribution in [1.82, 2.24) is 35.2 Å². The Morgan fingerprint density at radius 2 is 1.13 bits per heavy atom. The van der Waals surface area contributed by atoms with Crippen LogP contribution in [-0.2, 0) is 18.9 Å². The minimum absolute atomic E-state index is 0.109. The van der Waals surface area contributed by atoms with E-state index in [-0.39, 0.29) is 72.2 Å². The lowest BCUT2D eigenvalue weighted by atomic mass is 10.1. The summed E-state index contributed by atoms with van der Waals surface area (Å²) in [5.74, 6) is -1.98. The van der Waals surface area contributed by atoms with Crippen molar-refractivity contribution in [2.45, 2.75) is 88.8 Å². The summed E-state index contributed by atoms with van der Waals surface area (Å²) < 4.78 is 103.